The average molecular weight is 448 g/mol. The summed E-state index contributed by atoms with van der Waals surface area (Å²) in [7, 11) is 1.62. The van der Waals surface area contributed by atoms with E-state index in [1.54, 1.807) is 13.2 Å². The van der Waals surface area contributed by atoms with Crippen molar-refractivity contribution in [3.8, 4) is 17.2 Å². The smallest absolute Gasteiger partial charge is 0.251 e. The summed E-state index contributed by atoms with van der Waals surface area (Å²) in [6, 6.07) is 21.1. The van der Waals surface area contributed by atoms with Gasteiger partial charge in [-0.1, -0.05) is 57.2 Å². The maximum Gasteiger partial charge on any atom is 0.251 e. The van der Waals surface area contributed by atoms with Gasteiger partial charge in [-0.2, -0.15) is 0 Å². The Morgan fingerprint density at radius 2 is 1.55 bits per heavy atom. The number of para-hydroxylation sites is 2. The van der Waals surface area contributed by atoms with Gasteiger partial charge in [-0.05, 0) is 48.2 Å². The highest BCUT2D eigenvalue weighted by Crippen LogP contribution is 2.32. The van der Waals surface area contributed by atoms with E-state index >= 15 is 0 Å². The highest BCUT2D eigenvalue weighted by atomic mass is 16.5. The summed E-state index contributed by atoms with van der Waals surface area (Å²) in [5, 5.41) is 2.97. The van der Waals surface area contributed by atoms with Crippen LogP contribution in [0.1, 0.15) is 54.7 Å². The van der Waals surface area contributed by atoms with Crippen LogP contribution < -0.4 is 19.5 Å². The van der Waals surface area contributed by atoms with Crippen LogP contribution in [-0.2, 0) is 18.6 Å². The molecule has 0 atom stereocenters. The predicted octanol–water partition coefficient (Wildman–Crippen LogP) is 5.90. The minimum absolute atomic E-state index is 0.0421. The first-order chi connectivity index (χ1) is 15.8. The Hall–Kier alpha value is -3.47. The maximum atomic E-state index is 12.9. The molecular formula is C28H33NO4. The van der Waals surface area contributed by atoms with Crippen LogP contribution >= 0.6 is 0 Å². The molecule has 3 aromatic rings. The van der Waals surface area contributed by atoms with E-state index in [2.05, 4.69) is 32.2 Å². The lowest BCUT2D eigenvalue weighted by atomic mass is 9.86. The molecule has 3 rings (SSSR count). The van der Waals surface area contributed by atoms with Crippen LogP contribution in [0.4, 0.5) is 0 Å². The number of hydrogen-bond donors (Lipinski definition) is 1. The molecule has 1 N–H and O–H groups in total. The number of nitrogens with one attached hydrogen (secondary N) is 1. The van der Waals surface area contributed by atoms with Crippen molar-refractivity contribution in [2.75, 3.05) is 13.7 Å². The molecule has 0 aliphatic heterocycles. The summed E-state index contributed by atoms with van der Waals surface area (Å²) in [5.41, 5.74) is 3.39. The Balaban J connectivity index is 1.78. The van der Waals surface area contributed by atoms with E-state index in [0.717, 1.165) is 28.2 Å². The fourth-order valence-corrected chi connectivity index (χ4v) is 3.62. The van der Waals surface area contributed by atoms with Gasteiger partial charge in [-0.15, -0.1) is 0 Å². The van der Waals surface area contributed by atoms with Gasteiger partial charge in [0.1, 0.15) is 23.9 Å². The highest BCUT2D eigenvalue weighted by Gasteiger charge is 2.19. The maximum absolute atomic E-state index is 12.9. The Labute approximate surface area is 196 Å². The molecule has 0 aliphatic carbocycles. The van der Waals surface area contributed by atoms with E-state index in [1.165, 1.54) is 0 Å². The van der Waals surface area contributed by atoms with Crippen molar-refractivity contribution in [3.05, 3.63) is 89.0 Å². The number of methoxy groups -OCH3 is 1. The molecule has 0 unspecified atom stereocenters. The second-order valence-corrected chi connectivity index (χ2v) is 8.78. The summed E-state index contributed by atoms with van der Waals surface area (Å²) in [4.78, 5) is 12.9. The number of carbonyl (C=O) groups excluding carboxylic acids is 1. The zero-order valence-electron chi connectivity index (χ0n) is 20.1. The summed E-state index contributed by atoms with van der Waals surface area (Å²) in [5.74, 6) is 2.13. The third-order valence-corrected chi connectivity index (χ3v) is 5.33. The molecule has 0 bridgehead atoms. The Bertz CT molecular complexity index is 1090. The molecule has 0 spiro atoms. The third kappa shape index (κ3) is 6.28. The molecule has 0 heterocycles. The van der Waals surface area contributed by atoms with E-state index in [-0.39, 0.29) is 11.3 Å². The van der Waals surface area contributed by atoms with Crippen molar-refractivity contribution >= 4 is 5.91 Å². The van der Waals surface area contributed by atoms with E-state index in [1.807, 2.05) is 61.5 Å². The van der Waals surface area contributed by atoms with Crippen LogP contribution in [0.3, 0.4) is 0 Å². The molecule has 0 aromatic heterocycles. The van der Waals surface area contributed by atoms with Crippen LogP contribution in [-0.4, -0.2) is 19.6 Å². The van der Waals surface area contributed by atoms with Crippen LogP contribution in [0.2, 0.25) is 0 Å². The second-order valence-electron chi connectivity index (χ2n) is 8.78. The zero-order valence-corrected chi connectivity index (χ0v) is 20.1. The minimum Gasteiger partial charge on any atom is -0.496 e. The molecule has 174 valence electrons. The SMILES string of the molecule is CCOc1ccc(C(=O)NCc2ccccc2OC)cc1COc1ccccc1C(C)(C)C. The Kier molecular flexibility index (Phi) is 7.99. The Morgan fingerprint density at radius 1 is 0.848 bits per heavy atom. The molecule has 5 nitrogen and oxygen atoms in total. The zero-order chi connectivity index (χ0) is 23.8. The second kappa shape index (κ2) is 10.9. The largest absolute Gasteiger partial charge is 0.496 e. The number of hydrogen-bond acceptors (Lipinski definition) is 4. The summed E-state index contributed by atoms with van der Waals surface area (Å²) >= 11 is 0. The number of carbonyl (C=O) groups is 1. The Morgan fingerprint density at radius 3 is 2.24 bits per heavy atom. The molecule has 33 heavy (non-hydrogen) atoms. The molecule has 0 aliphatic rings. The average Bonchev–Trinajstić information content (AvgIpc) is 2.81. The van der Waals surface area contributed by atoms with Gasteiger partial charge in [0.15, 0.2) is 0 Å². The van der Waals surface area contributed by atoms with Crippen molar-refractivity contribution in [1.82, 2.24) is 5.32 Å². The van der Waals surface area contributed by atoms with Crippen molar-refractivity contribution in [3.63, 3.8) is 0 Å². The van der Waals surface area contributed by atoms with Gasteiger partial charge < -0.3 is 19.5 Å². The summed E-state index contributed by atoms with van der Waals surface area (Å²) in [6.07, 6.45) is 0. The van der Waals surface area contributed by atoms with Gasteiger partial charge in [0.2, 0.25) is 0 Å². The fraction of sp³-hybridized carbons (Fsp3) is 0.321. The molecule has 1 amide bonds. The first kappa shape index (κ1) is 24.2. The standard InChI is InChI=1S/C28H33NO4/c1-6-32-25-16-15-20(27(30)29-18-21-11-7-9-13-24(21)31-5)17-22(25)19-33-26-14-10-8-12-23(26)28(2,3)4/h7-17H,6,18-19H2,1-5H3,(H,29,30). The number of benzene rings is 3. The molecular weight excluding hydrogens is 414 g/mol. The van der Waals surface area contributed by atoms with Crippen molar-refractivity contribution in [1.29, 1.82) is 0 Å². The van der Waals surface area contributed by atoms with Gasteiger partial charge in [0.05, 0.1) is 13.7 Å². The lowest BCUT2D eigenvalue weighted by Gasteiger charge is -2.23. The molecule has 5 heteroatoms. The van der Waals surface area contributed by atoms with E-state index in [4.69, 9.17) is 14.2 Å². The van der Waals surface area contributed by atoms with Crippen molar-refractivity contribution < 1.29 is 19.0 Å². The first-order valence-corrected chi connectivity index (χ1v) is 11.2. The summed E-state index contributed by atoms with van der Waals surface area (Å²) < 4.78 is 17.4. The minimum atomic E-state index is -0.166. The van der Waals surface area contributed by atoms with Crippen LogP contribution in [0.5, 0.6) is 17.2 Å². The quantitative estimate of drug-likeness (QED) is 0.444. The lowest BCUT2D eigenvalue weighted by molar-refractivity contribution is 0.0950. The lowest BCUT2D eigenvalue weighted by Crippen LogP contribution is -2.23. The molecule has 0 saturated heterocycles. The third-order valence-electron chi connectivity index (χ3n) is 5.33. The van der Waals surface area contributed by atoms with Crippen LogP contribution in [0.15, 0.2) is 66.7 Å². The molecule has 3 aromatic carbocycles. The monoisotopic (exact) mass is 447 g/mol. The van der Waals surface area contributed by atoms with Crippen molar-refractivity contribution in [2.45, 2.75) is 46.3 Å². The van der Waals surface area contributed by atoms with Crippen LogP contribution in [0, 0.1) is 0 Å². The van der Waals surface area contributed by atoms with E-state index in [9.17, 15) is 4.79 Å². The molecule has 0 radical (unpaired) electrons. The van der Waals surface area contributed by atoms with Crippen LogP contribution in [0.25, 0.3) is 0 Å². The van der Waals surface area contributed by atoms with E-state index in [0.29, 0.717) is 31.1 Å². The van der Waals surface area contributed by atoms with Gasteiger partial charge >= 0.3 is 0 Å². The van der Waals surface area contributed by atoms with Gasteiger partial charge in [-0.25, -0.2) is 0 Å². The number of ether oxygens (including phenoxy) is 3. The van der Waals surface area contributed by atoms with Crippen molar-refractivity contribution in [2.24, 2.45) is 0 Å². The van der Waals surface area contributed by atoms with Gasteiger partial charge in [-0.3, -0.25) is 4.79 Å². The summed E-state index contributed by atoms with van der Waals surface area (Å²) in [6.45, 7) is 9.63. The number of amides is 1. The fourth-order valence-electron chi connectivity index (χ4n) is 3.62. The number of rotatable bonds is 9. The predicted molar refractivity (Wildman–Crippen MR) is 131 cm³/mol. The molecule has 0 fully saturated rings. The normalized spacial score (nSPS) is 11.1. The van der Waals surface area contributed by atoms with E-state index < -0.39 is 0 Å². The van der Waals surface area contributed by atoms with Gasteiger partial charge in [0.25, 0.3) is 5.91 Å². The topological polar surface area (TPSA) is 56.8 Å². The first-order valence-electron chi connectivity index (χ1n) is 11.2. The van der Waals surface area contributed by atoms with Gasteiger partial charge in [0, 0.05) is 23.2 Å². The highest BCUT2D eigenvalue weighted by molar-refractivity contribution is 5.94. The molecule has 0 saturated carbocycles.